The van der Waals surface area contributed by atoms with Gasteiger partial charge in [0.15, 0.2) is 5.98 Å². The van der Waals surface area contributed by atoms with Gasteiger partial charge in [-0.1, -0.05) is 58.5 Å². The molecule has 0 aliphatic carbocycles. The number of allylic oxidation sites excluding steroid dienone is 2. The lowest BCUT2D eigenvalue weighted by Crippen LogP contribution is -1.50. The van der Waals surface area contributed by atoms with Gasteiger partial charge >= 0.3 is 0 Å². The van der Waals surface area contributed by atoms with E-state index in [1.165, 1.54) is 0 Å². The summed E-state index contributed by atoms with van der Waals surface area (Å²) < 4.78 is 0. The Labute approximate surface area is 71.6 Å². The first-order valence-corrected chi connectivity index (χ1v) is 6.11. The van der Waals surface area contributed by atoms with Crippen molar-refractivity contribution in [1.29, 1.82) is 0 Å². The summed E-state index contributed by atoms with van der Waals surface area (Å²) in [4.78, 5) is 0. The van der Waals surface area contributed by atoms with Crippen LogP contribution in [0, 0.1) is 0 Å². The van der Waals surface area contributed by atoms with Gasteiger partial charge in [0.25, 0.3) is 0 Å². The lowest BCUT2D eigenvalue weighted by atomic mass is 10.4. The molecule has 0 saturated carbocycles. The Morgan fingerprint density at radius 2 is 1.56 bits per heavy atom. The normalized spacial score (nSPS) is 7.67. The third kappa shape index (κ3) is 52.2. The largest absolute Gasteiger partial charge is 0.179 e. The molecule has 0 radical (unpaired) electrons. The second-order valence-electron chi connectivity index (χ2n) is 1.24. The quantitative estimate of drug-likeness (QED) is 0.431. The second kappa shape index (κ2) is 8.78. The van der Waals surface area contributed by atoms with Crippen LogP contribution in [-0.2, 0) is 0 Å². The molecule has 9 heavy (non-hydrogen) atoms. The van der Waals surface area contributed by atoms with Gasteiger partial charge in [0.1, 0.15) is 0 Å². The average molecular weight is 205 g/mol. The van der Waals surface area contributed by atoms with E-state index in [1.54, 1.807) is 6.08 Å². The minimum Gasteiger partial charge on any atom is -0.0988 e. The predicted octanol–water partition coefficient (Wildman–Crippen LogP) is 4.68. The molecule has 0 bridgehead atoms. The van der Waals surface area contributed by atoms with Crippen LogP contribution < -0.4 is 0 Å². The van der Waals surface area contributed by atoms with Crippen molar-refractivity contribution in [3.63, 3.8) is 0 Å². The molecule has 0 unspecified atom stereocenters. The molecule has 0 heterocycles. The first-order valence-electron chi connectivity index (χ1n) is 2.06. The highest BCUT2D eigenvalue weighted by Crippen LogP contribution is 2.51. The Morgan fingerprint density at radius 1 is 1.44 bits per heavy atom. The third-order valence-corrected chi connectivity index (χ3v) is 0.348. The van der Waals surface area contributed by atoms with Crippen molar-refractivity contribution in [2.75, 3.05) is 0 Å². The maximum Gasteiger partial charge on any atom is 0.179 e. The van der Waals surface area contributed by atoms with E-state index < -0.39 is 5.98 Å². The zero-order chi connectivity index (χ0) is 7.86. The minimum atomic E-state index is -1.20. The zero-order valence-electron chi connectivity index (χ0n) is 5.07. The number of hydrogen-bond acceptors (Lipinski definition) is 0. The average Bonchev–Trinajstić information content (AvgIpc) is 1.65. The molecule has 0 fully saturated rings. The SMILES string of the molecule is C=CC(=C)C.ClP(Cl)Cl. The molecule has 0 aromatic rings. The van der Waals surface area contributed by atoms with Crippen LogP contribution in [0.15, 0.2) is 24.8 Å². The van der Waals surface area contributed by atoms with Crippen molar-refractivity contribution in [2.45, 2.75) is 6.92 Å². The highest BCUT2D eigenvalue weighted by atomic mass is 36.0. The van der Waals surface area contributed by atoms with E-state index in [9.17, 15) is 0 Å². The van der Waals surface area contributed by atoms with Gasteiger partial charge in [0.2, 0.25) is 0 Å². The summed E-state index contributed by atoms with van der Waals surface area (Å²) in [7, 11) is 0. The second-order valence-corrected chi connectivity index (χ2v) is 6.23. The van der Waals surface area contributed by atoms with E-state index in [-0.39, 0.29) is 0 Å². The molecule has 0 amide bonds. The number of rotatable bonds is 1. The Morgan fingerprint density at radius 3 is 1.56 bits per heavy atom. The molecule has 0 N–H and O–H groups in total. The van der Waals surface area contributed by atoms with E-state index in [2.05, 4.69) is 13.2 Å². The van der Waals surface area contributed by atoms with Crippen LogP contribution in [0.25, 0.3) is 0 Å². The van der Waals surface area contributed by atoms with E-state index >= 15 is 0 Å². The van der Waals surface area contributed by atoms with Gasteiger partial charge < -0.3 is 0 Å². The molecular weight excluding hydrogens is 197 g/mol. The Bertz CT molecular complexity index is 87.4. The lowest BCUT2D eigenvalue weighted by Gasteiger charge is -1.71. The van der Waals surface area contributed by atoms with Gasteiger partial charge in [-0.25, -0.2) is 0 Å². The van der Waals surface area contributed by atoms with Crippen LogP contribution in [0.1, 0.15) is 6.92 Å². The van der Waals surface area contributed by atoms with E-state index in [4.69, 9.17) is 33.7 Å². The fourth-order valence-electron chi connectivity index (χ4n) is 0. The summed E-state index contributed by atoms with van der Waals surface area (Å²) in [5.41, 5.74) is 1.02. The van der Waals surface area contributed by atoms with Gasteiger partial charge in [-0.2, -0.15) is 0 Å². The molecule has 0 aromatic heterocycles. The summed E-state index contributed by atoms with van der Waals surface area (Å²) in [6, 6.07) is 0. The highest BCUT2D eigenvalue weighted by Gasteiger charge is 1.80. The van der Waals surface area contributed by atoms with Crippen LogP contribution in [0.5, 0.6) is 0 Å². The van der Waals surface area contributed by atoms with Gasteiger partial charge in [-0.3, -0.25) is 0 Å². The Hall–Kier alpha value is 0.780. The molecule has 0 rings (SSSR count). The summed E-state index contributed by atoms with van der Waals surface area (Å²) in [6.07, 6.45) is 1.72. The molecule has 4 heteroatoms. The number of halogens is 3. The molecule has 0 aromatic carbocycles. The van der Waals surface area contributed by atoms with Crippen molar-refractivity contribution >= 4 is 39.7 Å². The van der Waals surface area contributed by atoms with E-state index in [0.29, 0.717) is 0 Å². The summed E-state index contributed by atoms with van der Waals surface area (Å²) in [5, 5.41) is 0. The Kier molecular flexibility index (Phi) is 12.2. The minimum absolute atomic E-state index is 1.02. The van der Waals surface area contributed by atoms with Crippen LogP contribution in [0.2, 0.25) is 0 Å². The lowest BCUT2D eigenvalue weighted by molar-refractivity contribution is 1.58. The molecular formula is C5H8Cl3P. The predicted molar refractivity (Wildman–Crippen MR) is 49.5 cm³/mol. The maximum atomic E-state index is 4.87. The molecule has 0 nitrogen and oxygen atoms in total. The molecule has 0 atom stereocenters. The zero-order valence-corrected chi connectivity index (χ0v) is 8.23. The Balaban J connectivity index is 0. The fourth-order valence-corrected chi connectivity index (χ4v) is 0. The van der Waals surface area contributed by atoms with Gasteiger partial charge in [-0.15, -0.1) is 0 Å². The standard InChI is InChI=1S/C5H8.Cl3P/c1-4-5(2)3;1-4(2)3/h4H,1-2H2,3H3;. The molecule has 0 spiro atoms. The van der Waals surface area contributed by atoms with E-state index in [0.717, 1.165) is 5.57 Å². The topological polar surface area (TPSA) is 0 Å². The van der Waals surface area contributed by atoms with Crippen LogP contribution in [-0.4, -0.2) is 0 Å². The maximum absolute atomic E-state index is 4.87. The van der Waals surface area contributed by atoms with Crippen molar-refractivity contribution in [3.05, 3.63) is 24.8 Å². The smallest absolute Gasteiger partial charge is 0.0988 e. The van der Waals surface area contributed by atoms with Gasteiger partial charge in [0.05, 0.1) is 0 Å². The van der Waals surface area contributed by atoms with Crippen LogP contribution in [0.4, 0.5) is 0 Å². The summed E-state index contributed by atoms with van der Waals surface area (Å²) in [6.45, 7) is 8.93. The molecule has 0 aliphatic heterocycles. The summed E-state index contributed by atoms with van der Waals surface area (Å²) in [5.74, 6) is -1.20. The monoisotopic (exact) mass is 204 g/mol. The first kappa shape index (κ1) is 12.5. The summed E-state index contributed by atoms with van der Waals surface area (Å²) >= 11 is 14.6. The highest BCUT2D eigenvalue weighted by molar-refractivity contribution is 8.20. The van der Waals surface area contributed by atoms with Crippen molar-refractivity contribution in [2.24, 2.45) is 0 Å². The van der Waals surface area contributed by atoms with Crippen molar-refractivity contribution in [1.82, 2.24) is 0 Å². The van der Waals surface area contributed by atoms with Gasteiger partial charge in [0, 0.05) is 0 Å². The van der Waals surface area contributed by atoms with Crippen molar-refractivity contribution < 1.29 is 0 Å². The molecule has 54 valence electrons. The first-order chi connectivity index (χ1) is 4.00. The molecule has 0 saturated heterocycles. The van der Waals surface area contributed by atoms with Crippen LogP contribution >= 0.6 is 39.7 Å². The van der Waals surface area contributed by atoms with Crippen LogP contribution in [0.3, 0.4) is 0 Å². The fraction of sp³-hybridized carbons (Fsp3) is 0.200. The molecule has 0 aliphatic rings. The number of hydrogen-bond donors (Lipinski definition) is 0. The van der Waals surface area contributed by atoms with Crippen molar-refractivity contribution in [3.8, 4) is 0 Å². The van der Waals surface area contributed by atoms with Gasteiger partial charge in [-0.05, 0) is 6.92 Å². The third-order valence-electron chi connectivity index (χ3n) is 0.348. The van der Waals surface area contributed by atoms with E-state index in [1.807, 2.05) is 6.92 Å².